The van der Waals surface area contributed by atoms with Crippen molar-refractivity contribution in [2.75, 3.05) is 51.8 Å². The molecule has 2 aromatic carbocycles. The normalized spacial score (nSPS) is 18.1. The molecule has 1 aliphatic carbocycles. The van der Waals surface area contributed by atoms with Gasteiger partial charge in [-0.3, -0.25) is 9.69 Å². The van der Waals surface area contributed by atoms with E-state index in [-0.39, 0.29) is 5.91 Å². The van der Waals surface area contributed by atoms with Crippen LogP contribution in [0.4, 0.5) is 5.69 Å². The number of anilines is 1. The molecule has 1 heterocycles. The molecule has 148 valence electrons. The number of hydrogen-bond acceptors (Lipinski definition) is 4. The van der Waals surface area contributed by atoms with E-state index in [9.17, 15) is 4.79 Å². The number of hydrogen-bond donors (Lipinski definition) is 0. The van der Waals surface area contributed by atoms with Crippen LogP contribution in [0.5, 0.6) is 5.75 Å². The number of rotatable bonds is 6. The Morgan fingerprint density at radius 3 is 2.39 bits per heavy atom. The van der Waals surface area contributed by atoms with Gasteiger partial charge in [-0.05, 0) is 55.3 Å². The van der Waals surface area contributed by atoms with Crippen molar-refractivity contribution in [1.29, 1.82) is 0 Å². The van der Waals surface area contributed by atoms with Gasteiger partial charge in [0.2, 0.25) is 5.91 Å². The molecule has 0 atom stereocenters. The number of ether oxygens (including phenoxy) is 1. The molecule has 2 fully saturated rings. The second-order valence-electron chi connectivity index (χ2n) is 7.85. The zero-order valence-electron chi connectivity index (χ0n) is 16.8. The first kappa shape index (κ1) is 19.0. The summed E-state index contributed by atoms with van der Waals surface area (Å²) in [4.78, 5) is 19.7. The van der Waals surface area contributed by atoms with Crippen LogP contribution in [-0.4, -0.2) is 68.6 Å². The number of benzene rings is 2. The predicted molar refractivity (Wildman–Crippen MR) is 113 cm³/mol. The molecule has 5 heteroatoms. The van der Waals surface area contributed by atoms with Crippen LogP contribution in [0.2, 0.25) is 0 Å². The second kappa shape index (κ2) is 8.33. The first-order valence-electron chi connectivity index (χ1n) is 10.1. The average Bonchev–Trinajstić information content (AvgIpc) is 3.55. The number of likely N-dealkylation sites (N-methyl/N-ethyl adjacent to an activating group) is 1. The maximum atomic E-state index is 13.1. The predicted octanol–water partition coefficient (Wildman–Crippen LogP) is 3.11. The Labute approximate surface area is 167 Å². The largest absolute Gasteiger partial charge is 0.497 e. The van der Waals surface area contributed by atoms with Gasteiger partial charge in [-0.2, -0.15) is 0 Å². The van der Waals surface area contributed by atoms with Crippen molar-refractivity contribution in [1.82, 2.24) is 9.80 Å². The van der Waals surface area contributed by atoms with Crippen molar-refractivity contribution in [2.24, 2.45) is 0 Å². The lowest BCUT2D eigenvalue weighted by atomic mass is 10.0. The van der Waals surface area contributed by atoms with Gasteiger partial charge in [0.15, 0.2) is 0 Å². The quantitative estimate of drug-likeness (QED) is 0.773. The van der Waals surface area contributed by atoms with Gasteiger partial charge < -0.3 is 14.5 Å². The fourth-order valence-electron chi connectivity index (χ4n) is 3.78. The summed E-state index contributed by atoms with van der Waals surface area (Å²) in [6.07, 6.45) is 2.21. The topological polar surface area (TPSA) is 36.0 Å². The fraction of sp³-hybridized carbons (Fsp3) is 0.435. The molecule has 0 aromatic heterocycles. The minimum atomic E-state index is 0.223. The molecule has 2 aliphatic rings. The average molecular weight is 380 g/mol. The van der Waals surface area contributed by atoms with Crippen LogP contribution in [0.1, 0.15) is 12.8 Å². The van der Waals surface area contributed by atoms with Crippen LogP contribution in [0, 0.1) is 0 Å². The summed E-state index contributed by atoms with van der Waals surface area (Å²) in [5.74, 6) is 1.07. The molecule has 0 unspecified atom stereocenters. The lowest BCUT2D eigenvalue weighted by molar-refractivity contribution is -0.120. The summed E-state index contributed by atoms with van der Waals surface area (Å²) in [6.45, 7) is 4.52. The van der Waals surface area contributed by atoms with Gasteiger partial charge in [-0.1, -0.05) is 24.3 Å². The van der Waals surface area contributed by atoms with E-state index in [1.54, 1.807) is 7.11 Å². The van der Waals surface area contributed by atoms with Crippen LogP contribution >= 0.6 is 0 Å². The first-order valence-corrected chi connectivity index (χ1v) is 10.1. The van der Waals surface area contributed by atoms with E-state index in [0.717, 1.165) is 61.6 Å². The first-order chi connectivity index (χ1) is 13.6. The highest BCUT2D eigenvalue weighted by molar-refractivity contribution is 5.96. The molecule has 0 spiro atoms. The van der Waals surface area contributed by atoms with Gasteiger partial charge in [0.25, 0.3) is 0 Å². The third-order valence-electron chi connectivity index (χ3n) is 5.68. The molecule has 1 saturated heterocycles. The Kier molecular flexibility index (Phi) is 5.64. The third kappa shape index (κ3) is 4.37. The second-order valence-corrected chi connectivity index (χ2v) is 7.85. The molecule has 5 nitrogen and oxygen atoms in total. The molecule has 1 aliphatic heterocycles. The summed E-state index contributed by atoms with van der Waals surface area (Å²) < 4.78 is 5.33. The van der Waals surface area contributed by atoms with Crippen molar-refractivity contribution in [2.45, 2.75) is 18.9 Å². The van der Waals surface area contributed by atoms with Crippen LogP contribution in [-0.2, 0) is 4.79 Å². The third-order valence-corrected chi connectivity index (χ3v) is 5.68. The molecule has 1 amide bonds. The van der Waals surface area contributed by atoms with Crippen molar-refractivity contribution in [3.63, 3.8) is 0 Å². The van der Waals surface area contributed by atoms with Gasteiger partial charge >= 0.3 is 0 Å². The van der Waals surface area contributed by atoms with Crippen molar-refractivity contribution in [3.05, 3.63) is 48.5 Å². The Morgan fingerprint density at radius 2 is 1.75 bits per heavy atom. The number of carbonyl (C=O) groups is 1. The standard InChI is InChI=1S/C23H29N3O2/c1-24-12-14-25(15-13-24)17-23(27)26(21-10-11-21)20-8-6-18(7-9-20)19-4-3-5-22(16-19)28-2/h3-9,16,21H,10-15,17H2,1-2H3. The Bertz CT molecular complexity index is 809. The lowest BCUT2D eigenvalue weighted by Gasteiger charge is -2.33. The van der Waals surface area contributed by atoms with Crippen LogP contribution in [0.15, 0.2) is 48.5 Å². The summed E-state index contributed by atoms with van der Waals surface area (Å²) >= 11 is 0. The van der Waals surface area contributed by atoms with E-state index in [0.29, 0.717) is 12.6 Å². The Morgan fingerprint density at radius 1 is 1.04 bits per heavy atom. The highest BCUT2D eigenvalue weighted by Gasteiger charge is 2.34. The molecule has 28 heavy (non-hydrogen) atoms. The monoisotopic (exact) mass is 379 g/mol. The summed E-state index contributed by atoms with van der Waals surface area (Å²) in [5, 5.41) is 0. The van der Waals surface area contributed by atoms with Crippen LogP contribution in [0.25, 0.3) is 11.1 Å². The fourth-order valence-corrected chi connectivity index (χ4v) is 3.78. The van der Waals surface area contributed by atoms with Gasteiger partial charge in [0.05, 0.1) is 13.7 Å². The number of amides is 1. The van der Waals surface area contributed by atoms with E-state index >= 15 is 0 Å². The zero-order valence-corrected chi connectivity index (χ0v) is 16.8. The maximum absolute atomic E-state index is 13.1. The molecular formula is C23H29N3O2. The molecule has 0 N–H and O–H groups in total. The molecule has 0 bridgehead atoms. The lowest BCUT2D eigenvalue weighted by Crippen LogP contribution is -2.49. The highest BCUT2D eigenvalue weighted by Crippen LogP contribution is 2.33. The van der Waals surface area contributed by atoms with Gasteiger partial charge in [0, 0.05) is 37.9 Å². The molecule has 4 rings (SSSR count). The van der Waals surface area contributed by atoms with Crippen LogP contribution < -0.4 is 9.64 Å². The van der Waals surface area contributed by atoms with Crippen LogP contribution in [0.3, 0.4) is 0 Å². The molecule has 1 saturated carbocycles. The Balaban J connectivity index is 1.48. The number of methoxy groups -OCH3 is 1. The van der Waals surface area contributed by atoms with E-state index in [4.69, 9.17) is 4.74 Å². The van der Waals surface area contributed by atoms with E-state index < -0.39 is 0 Å². The number of nitrogens with zero attached hydrogens (tertiary/aromatic N) is 3. The summed E-state index contributed by atoms with van der Waals surface area (Å²) in [6, 6.07) is 16.8. The van der Waals surface area contributed by atoms with E-state index in [2.05, 4.69) is 47.2 Å². The van der Waals surface area contributed by atoms with Gasteiger partial charge in [-0.25, -0.2) is 0 Å². The van der Waals surface area contributed by atoms with Crippen molar-refractivity contribution >= 4 is 11.6 Å². The van der Waals surface area contributed by atoms with E-state index in [1.165, 1.54) is 0 Å². The summed E-state index contributed by atoms with van der Waals surface area (Å²) in [7, 11) is 3.82. The van der Waals surface area contributed by atoms with E-state index in [1.807, 2.05) is 23.1 Å². The molecular weight excluding hydrogens is 350 g/mol. The highest BCUT2D eigenvalue weighted by atomic mass is 16.5. The smallest absolute Gasteiger partial charge is 0.241 e. The number of carbonyl (C=O) groups excluding carboxylic acids is 1. The van der Waals surface area contributed by atoms with Crippen molar-refractivity contribution in [3.8, 4) is 16.9 Å². The summed E-state index contributed by atoms with van der Waals surface area (Å²) in [5.41, 5.74) is 3.26. The number of piperazine rings is 1. The molecule has 0 radical (unpaired) electrons. The van der Waals surface area contributed by atoms with Gasteiger partial charge in [-0.15, -0.1) is 0 Å². The SMILES string of the molecule is COc1cccc(-c2ccc(N(C(=O)CN3CCN(C)CC3)C3CC3)cc2)c1. The Hall–Kier alpha value is -2.37. The minimum Gasteiger partial charge on any atom is -0.497 e. The minimum absolute atomic E-state index is 0.223. The maximum Gasteiger partial charge on any atom is 0.241 e. The van der Waals surface area contributed by atoms with Gasteiger partial charge in [0.1, 0.15) is 5.75 Å². The van der Waals surface area contributed by atoms with Crippen molar-refractivity contribution < 1.29 is 9.53 Å². The molecule has 2 aromatic rings. The zero-order chi connectivity index (χ0) is 19.5.